The van der Waals surface area contributed by atoms with Crippen LogP contribution in [-0.2, 0) is 23.1 Å². The first-order valence-corrected chi connectivity index (χ1v) is 12.1. The number of hydrogen-bond donors (Lipinski definition) is 0. The van der Waals surface area contributed by atoms with Gasteiger partial charge in [-0.05, 0) is 48.1 Å². The molecule has 0 N–H and O–H groups in total. The van der Waals surface area contributed by atoms with Crippen LogP contribution in [0.2, 0.25) is 0 Å². The van der Waals surface area contributed by atoms with Gasteiger partial charge in [-0.2, -0.15) is 4.98 Å². The SMILES string of the molecule is O=C(CCc1ccc(F)cc1)N1CCC(c2ccccc2)(c2noc(Cc3ccccc3)n2)CC1. The number of benzene rings is 3. The van der Waals surface area contributed by atoms with Crippen molar-refractivity contribution in [1.29, 1.82) is 0 Å². The summed E-state index contributed by atoms with van der Waals surface area (Å²) in [6.45, 7) is 1.25. The highest BCUT2D eigenvalue weighted by Crippen LogP contribution is 2.40. The van der Waals surface area contributed by atoms with Crippen LogP contribution < -0.4 is 0 Å². The number of aryl methyl sites for hydroxylation is 1. The molecule has 1 aliphatic rings. The standard InChI is InChI=1S/C29H28FN3O2/c30-25-14-11-22(12-15-25)13-16-27(34)33-19-17-29(18-20-33,24-9-5-2-6-10-24)28-31-26(35-32-28)21-23-7-3-1-4-8-23/h1-12,14-15H,13,16-21H2. The Morgan fingerprint density at radius 3 is 2.23 bits per heavy atom. The Morgan fingerprint density at radius 1 is 0.886 bits per heavy atom. The molecular weight excluding hydrogens is 441 g/mol. The van der Waals surface area contributed by atoms with Crippen LogP contribution in [0.3, 0.4) is 0 Å². The Kier molecular flexibility index (Phi) is 6.70. The third-order valence-electron chi connectivity index (χ3n) is 6.93. The van der Waals surface area contributed by atoms with E-state index in [9.17, 15) is 9.18 Å². The Labute approximate surface area is 204 Å². The minimum atomic E-state index is -0.395. The molecule has 0 saturated carbocycles. The smallest absolute Gasteiger partial charge is 0.231 e. The molecule has 0 spiro atoms. The van der Waals surface area contributed by atoms with Crippen molar-refractivity contribution in [2.45, 2.75) is 37.5 Å². The lowest BCUT2D eigenvalue weighted by Gasteiger charge is -2.40. The summed E-state index contributed by atoms with van der Waals surface area (Å²) in [4.78, 5) is 19.7. The van der Waals surface area contributed by atoms with E-state index in [1.807, 2.05) is 53.4 Å². The van der Waals surface area contributed by atoms with Gasteiger partial charge in [0.05, 0.1) is 11.8 Å². The highest BCUT2D eigenvalue weighted by atomic mass is 19.1. The van der Waals surface area contributed by atoms with E-state index in [-0.39, 0.29) is 11.7 Å². The Bertz CT molecular complexity index is 1250. The molecule has 1 aromatic heterocycles. The first-order valence-electron chi connectivity index (χ1n) is 12.1. The molecule has 2 heterocycles. The third-order valence-corrected chi connectivity index (χ3v) is 6.93. The second kappa shape index (κ2) is 10.2. The zero-order valence-electron chi connectivity index (χ0n) is 19.6. The normalized spacial score (nSPS) is 15.2. The number of rotatable bonds is 7. The van der Waals surface area contributed by atoms with Crippen molar-refractivity contribution in [3.05, 3.63) is 119 Å². The number of nitrogens with zero attached hydrogens (tertiary/aromatic N) is 3. The van der Waals surface area contributed by atoms with Crippen LogP contribution in [0.1, 0.15) is 47.7 Å². The van der Waals surface area contributed by atoms with E-state index < -0.39 is 5.41 Å². The molecule has 5 rings (SSSR count). The van der Waals surface area contributed by atoms with Crippen LogP contribution in [0.15, 0.2) is 89.5 Å². The number of hydrogen-bond acceptors (Lipinski definition) is 4. The molecule has 0 unspecified atom stereocenters. The van der Waals surface area contributed by atoms with E-state index in [0.29, 0.717) is 44.1 Å². The van der Waals surface area contributed by atoms with Gasteiger partial charge < -0.3 is 9.42 Å². The van der Waals surface area contributed by atoms with E-state index in [1.54, 1.807) is 12.1 Å². The molecule has 1 fully saturated rings. The van der Waals surface area contributed by atoms with Gasteiger partial charge in [-0.3, -0.25) is 4.79 Å². The van der Waals surface area contributed by atoms with E-state index >= 15 is 0 Å². The Balaban J connectivity index is 1.30. The fourth-order valence-electron chi connectivity index (χ4n) is 4.89. The van der Waals surface area contributed by atoms with Gasteiger partial charge in [0.15, 0.2) is 5.82 Å². The molecule has 5 nitrogen and oxygen atoms in total. The number of carbonyl (C=O) groups excluding carboxylic acids is 1. The zero-order chi connectivity index (χ0) is 24.1. The Morgan fingerprint density at radius 2 is 1.54 bits per heavy atom. The topological polar surface area (TPSA) is 59.2 Å². The van der Waals surface area contributed by atoms with Gasteiger partial charge in [0, 0.05) is 19.5 Å². The minimum absolute atomic E-state index is 0.119. The van der Waals surface area contributed by atoms with Crippen molar-refractivity contribution in [3.63, 3.8) is 0 Å². The minimum Gasteiger partial charge on any atom is -0.343 e. The lowest BCUT2D eigenvalue weighted by Crippen LogP contribution is -2.46. The van der Waals surface area contributed by atoms with E-state index in [0.717, 1.165) is 29.5 Å². The van der Waals surface area contributed by atoms with E-state index in [4.69, 9.17) is 9.51 Å². The second-order valence-electron chi connectivity index (χ2n) is 9.13. The van der Waals surface area contributed by atoms with Gasteiger partial charge in [0.2, 0.25) is 11.8 Å². The molecule has 1 amide bonds. The van der Waals surface area contributed by atoms with Gasteiger partial charge >= 0.3 is 0 Å². The van der Waals surface area contributed by atoms with Crippen molar-refractivity contribution in [2.75, 3.05) is 13.1 Å². The van der Waals surface area contributed by atoms with E-state index in [2.05, 4.69) is 17.3 Å². The molecule has 1 aliphatic heterocycles. The Hall–Kier alpha value is -3.80. The van der Waals surface area contributed by atoms with Crippen LogP contribution in [-0.4, -0.2) is 34.0 Å². The lowest BCUT2D eigenvalue weighted by atomic mass is 9.72. The summed E-state index contributed by atoms with van der Waals surface area (Å²) < 4.78 is 18.8. The van der Waals surface area contributed by atoms with Gasteiger partial charge in [0.25, 0.3) is 0 Å². The first kappa shape index (κ1) is 23.0. The summed E-state index contributed by atoms with van der Waals surface area (Å²) in [5.41, 5.74) is 2.84. The third kappa shape index (κ3) is 5.16. The van der Waals surface area contributed by atoms with Crippen molar-refractivity contribution in [1.82, 2.24) is 15.0 Å². The summed E-state index contributed by atoms with van der Waals surface area (Å²) in [6.07, 6.45) is 3.06. The van der Waals surface area contributed by atoms with Crippen LogP contribution in [0.25, 0.3) is 0 Å². The summed E-state index contributed by atoms with van der Waals surface area (Å²) in [5.74, 6) is 1.14. The van der Waals surface area contributed by atoms with Gasteiger partial charge in [0.1, 0.15) is 5.82 Å². The maximum atomic E-state index is 13.1. The monoisotopic (exact) mass is 469 g/mol. The number of aromatic nitrogens is 2. The van der Waals surface area contributed by atoms with Crippen LogP contribution in [0, 0.1) is 5.82 Å². The quantitative estimate of drug-likeness (QED) is 0.367. The highest BCUT2D eigenvalue weighted by molar-refractivity contribution is 5.76. The molecule has 0 aliphatic carbocycles. The molecule has 6 heteroatoms. The molecule has 4 aromatic rings. The maximum absolute atomic E-state index is 13.1. The largest absolute Gasteiger partial charge is 0.343 e. The molecule has 178 valence electrons. The summed E-state index contributed by atoms with van der Waals surface area (Å²) >= 11 is 0. The first-order chi connectivity index (χ1) is 17.1. The predicted molar refractivity (Wildman–Crippen MR) is 131 cm³/mol. The molecule has 0 bridgehead atoms. The molecule has 1 saturated heterocycles. The maximum Gasteiger partial charge on any atom is 0.231 e. The molecule has 0 atom stereocenters. The fourth-order valence-corrected chi connectivity index (χ4v) is 4.89. The number of amides is 1. The second-order valence-corrected chi connectivity index (χ2v) is 9.13. The zero-order valence-corrected chi connectivity index (χ0v) is 19.6. The van der Waals surface area contributed by atoms with Gasteiger partial charge in [-0.15, -0.1) is 0 Å². The van der Waals surface area contributed by atoms with Crippen LogP contribution >= 0.6 is 0 Å². The van der Waals surface area contributed by atoms with Gasteiger partial charge in [-0.25, -0.2) is 4.39 Å². The molecule has 3 aromatic carbocycles. The number of likely N-dealkylation sites (tertiary alicyclic amines) is 1. The summed E-state index contributed by atoms with van der Waals surface area (Å²) in [6, 6.07) is 26.7. The average molecular weight is 470 g/mol. The predicted octanol–water partition coefficient (Wildman–Crippen LogP) is 5.34. The number of carbonyl (C=O) groups is 1. The summed E-state index contributed by atoms with van der Waals surface area (Å²) in [7, 11) is 0. The van der Waals surface area contributed by atoms with Crippen molar-refractivity contribution in [2.24, 2.45) is 0 Å². The fraction of sp³-hybridized carbons (Fsp3) is 0.276. The molecule has 35 heavy (non-hydrogen) atoms. The van der Waals surface area contributed by atoms with Crippen LogP contribution in [0.4, 0.5) is 4.39 Å². The summed E-state index contributed by atoms with van der Waals surface area (Å²) in [5, 5.41) is 4.42. The van der Waals surface area contributed by atoms with Gasteiger partial charge in [-0.1, -0.05) is 78.0 Å². The van der Waals surface area contributed by atoms with Crippen molar-refractivity contribution >= 4 is 5.91 Å². The van der Waals surface area contributed by atoms with Crippen molar-refractivity contribution < 1.29 is 13.7 Å². The van der Waals surface area contributed by atoms with E-state index in [1.165, 1.54) is 12.1 Å². The number of piperidine rings is 1. The average Bonchev–Trinajstić information content (AvgIpc) is 3.38. The number of halogens is 1. The van der Waals surface area contributed by atoms with Crippen LogP contribution in [0.5, 0.6) is 0 Å². The molecular formula is C29H28FN3O2. The van der Waals surface area contributed by atoms with Crippen molar-refractivity contribution in [3.8, 4) is 0 Å². The highest BCUT2D eigenvalue weighted by Gasteiger charge is 2.42. The lowest BCUT2D eigenvalue weighted by molar-refractivity contribution is -0.132. The molecule has 0 radical (unpaired) electrons.